The number of ether oxygens (including phenoxy) is 1. The van der Waals surface area contributed by atoms with Gasteiger partial charge in [0, 0.05) is 31.3 Å². The Balaban J connectivity index is 1.74. The van der Waals surface area contributed by atoms with Crippen LogP contribution >= 0.6 is 0 Å². The number of rotatable bonds is 11. The number of hydrogen-bond acceptors (Lipinski definition) is 7. The highest BCUT2D eigenvalue weighted by molar-refractivity contribution is 7.88. The highest BCUT2D eigenvalue weighted by Gasteiger charge is 2.17. The molecule has 0 aliphatic rings. The molecule has 0 atom stereocenters. The van der Waals surface area contributed by atoms with E-state index < -0.39 is 10.0 Å². The molecule has 9 heteroatoms. The summed E-state index contributed by atoms with van der Waals surface area (Å²) in [5.41, 5.74) is 9.13. The average Bonchev–Trinajstić information content (AvgIpc) is 2.81. The van der Waals surface area contributed by atoms with Crippen molar-refractivity contribution in [2.75, 3.05) is 26.5 Å². The Morgan fingerprint density at radius 1 is 1.09 bits per heavy atom. The molecule has 0 saturated carbocycles. The molecule has 3 aromatic rings. The van der Waals surface area contributed by atoms with E-state index in [2.05, 4.69) is 4.98 Å². The Labute approximate surface area is 195 Å². The van der Waals surface area contributed by atoms with Gasteiger partial charge in [-0.3, -0.25) is 0 Å². The van der Waals surface area contributed by atoms with E-state index in [1.165, 1.54) is 17.7 Å². The monoisotopic (exact) mass is 470 g/mol. The Morgan fingerprint density at radius 3 is 2.64 bits per heavy atom. The Kier molecular flexibility index (Phi) is 8.37. The van der Waals surface area contributed by atoms with E-state index >= 15 is 0 Å². The fourth-order valence-electron chi connectivity index (χ4n) is 3.48. The van der Waals surface area contributed by atoms with Crippen molar-refractivity contribution in [1.29, 1.82) is 0 Å². The summed E-state index contributed by atoms with van der Waals surface area (Å²) < 4.78 is 30.9. The van der Waals surface area contributed by atoms with Gasteiger partial charge >= 0.3 is 0 Å². The van der Waals surface area contributed by atoms with Crippen LogP contribution < -0.4 is 10.5 Å². The molecule has 2 aromatic carbocycles. The summed E-state index contributed by atoms with van der Waals surface area (Å²) in [5, 5.41) is 9.76. The van der Waals surface area contributed by atoms with Crippen LogP contribution in [0.15, 0.2) is 54.7 Å². The molecule has 1 heterocycles. The van der Waals surface area contributed by atoms with Crippen molar-refractivity contribution in [3.8, 4) is 22.8 Å². The van der Waals surface area contributed by atoms with Gasteiger partial charge in [0.15, 0.2) is 11.5 Å². The summed E-state index contributed by atoms with van der Waals surface area (Å²) in [5.74, 6) is 1.25. The van der Waals surface area contributed by atoms with Crippen LogP contribution in [0.25, 0.3) is 11.3 Å². The predicted octanol–water partition coefficient (Wildman–Crippen LogP) is 2.75. The van der Waals surface area contributed by atoms with E-state index in [1.54, 1.807) is 18.3 Å². The van der Waals surface area contributed by atoms with Crippen molar-refractivity contribution in [3.05, 3.63) is 71.7 Å². The second kappa shape index (κ2) is 11.2. The lowest BCUT2D eigenvalue weighted by atomic mass is 10.1. The lowest BCUT2D eigenvalue weighted by molar-refractivity contribution is 0.373. The molecule has 0 bridgehead atoms. The normalized spacial score (nSPS) is 11.6. The van der Waals surface area contributed by atoms with Gasteiger partial charge in [-0.25, -0.2) is 18.4 Å². The smallest absolute Gasteiger partial charge is 0.211 e. The topological polar surface area (TPSA) is 119 Å². The van der Waals surface area contributed by atoms with Crippen molar-refractivity contribution in [2.45, 2.75) is 25.8 Å². The minimum atomic E-state index is -3.33. The predicted molar refractivity (Wildman–Crippen MR) is 128 cm³/mol. The van der Waals surface area contributed by atoms with Crippen LogP contribution in [0.1, 0.15) is 23.4 Å². The molecule has 0 unspecified atom stereocenters. The van der Waals surface area contributed by atoms with Crippen LogP contribution in [0, 0.1) is 0 Å². The van der Waals surface area contributed by atoms with Gasteiger partial charge < -0.3 is 15.6 Å². The Morgan fingerprint density at radius 2 is 1.91 bits per heavy atom. The zero-order chi connectivity index (χ0) is 23.8. The number of benzene rings is 2. The molecule has 0 amide bonds. The van der Waals surface area contributed by atoms with Gasteiger partial charge in [-0.05, 0) is 54.8 Å². The van der Waals surface area contributed by atoms with Crippen molar-refractivity contribution >= 4 is 10.0 Å². The molecule has 176 valence electrons. The molecule has 33 heavy (non-hydrogen) atoms. The van der Waals surface area contributed by atoms with E-state index in [1.807, 2.05) is 36.4 Å². The molecule has 0 spiro atoms. The molecule has 0 saturated heterocycles. The number of sulfonamides is 1. The molecular weight excluding hydrogens is 440 g/mol. The number of methoxy groups -OCH3 is 1. The number of phenolic OH excluding ortho intramolecular Hbond substituents is 1. The molecule has 0 fully saturated rings. The fourth-order valence-corrected chi connectivity index (χ4v) is 4.32. The third kappa shape index (κ3) is 6.98. The maximum atomic E-state index is 12.1. The molecule has 8 nitrogen and oxygen atoms in total. The lowest BCUT2D eigenvalue weighted by Crippen LogP contribution is -2.31. The summed E-state index contributed by atoms with van der Waals surface area (Å²) in [7, 11) is -1.81. The van der Waals surface area contributed by atoms with Crippen LogP contribution in [0.3, 0.4) is 0 Å². The van der Waals surface area contributed by atoms with E-state index in [4.69, 9.17) is 15.5 Å². The van der Waals surface area contributed by atoms with Crippen LogP contribution in [0.4, 0.5) is 0 Å². The largest absolute Gasteiger partial charge is 0.504 e. The van der Waals surface area contributed by atoms with Crippen molar-refractivity contribution in [3.63, 3.8) is 0 Å². The first kappa shape index (κ1) is 24.6. The summed E-state index contributed by atoms with van der Waals surface area (Å²) in [6, 6.07) is 14.8. The number of nitrogens with two attached hydrogens (primary N) is 1. The second-order valence-corrected chi connectivity index (χ2v) is 9.79. The van der Waals surface area contributed by atoms with Gasteiger partial charge in [0.1, 0.15) is 5.82 Å². The van der Waals surface area contributed by atoms with Gasteiger partial charge in [-0.1, -0.05) is 24.3 Å². The Hall–Kier alpha value is -3.01. The van der Waals surface area contributed by atoms with E-state index in [-0.39, 0.29) is 12.3 Å². The number of aryl methyl sites for hydroxylation is 2. The fraction of sp³-hybridized carbons (Fsp3) is 0.333. The first-order valence-electron chi connectivity index (χ1n) is 10.7. The zero-order valence-corrected chi connectivity index (χ0v) is 19.8. The van der Waals surface area contributed by atoms with Gasteiger partial charge in [0.25, 0.3) is 0 Å². The highest BCUT2D eigenvalue weighted by atomic mass is 32.2. The standard InChI is InChI=1S/C24H30N4O4S/c1-32-23-16-18(7-9-22(23)29)8-10-24-26-13-11-21(27-24)20-6-3-5-19(15-20)17-28(14-4-12-25)33(2,30)31/h3,5-7,9,11,13,15-16,29H,4,8,10,12,14,17,25H2,1-2H3. The molecule has 3 N–H and O–H groups in total. The van der Waals surface area contributed by atoms with Gasteiger partial charge in [-0.2, -0.15) is 4.31 Å². The number of phenols is 1. The first-order chi connectivity index (χ1) is 15.8. The van der Waals surface area contributed by atoms with Crippen molar-refractivity contribution < 1.29 is 18.3 Å². The highest BCUT2D eigenvalue weighted by Crippen LogP contribution is 2.27. The van der Waals surface area contributed by atoms with Crippen molar-refractivity contribution in [1.82, 2.24) is 14.3 Å². The molecule has 0 aliphatic carbocycles. The number of aromatic nitrogens is 2. The van der Waals surface area contributed by atoms with Crippen LogP contribution in [-0.4, -0.2) is 54.3 Å². The third-order valence-corrected chi connectivity index (χ3v) is 6.50. The SMILES string of the molecule is COc1cc(CCc2nccc(-c3cccc(CN(CCCN)S(C)(=O)=O)c3)n2)ccc1O. The summed E-state index contributed by atoms with van der Waals surface area (Å²) in [4.78, 5) is 9.08. The quantitative estimate of drug-likeness (QED) is 0.442. The number of hydrogen-bond donors (Lipinski definition) is 2. The maximum Gasteiger partial charge on any atom is 0.211 e. The minimum absolute atomic E-state index is 0.108. The minimum Gasteiger partial charge on any atom is -0.504 e. The van der Waals surface area contributed by atoms with Gasteiger partial charge in [-0.15, -0.1) is 0 Å². The van der Waals surface area contributed by atoms with E-state index in [9.17, 15) is 13.5 Å². The van der Waals surface area contributed by atoms with Gasteiger partial charge in [0.2, 0.25) is 10.0 Å². The molecule has 0 radical (unpaired) electrons. The van der Waals surface area contributed by atoms with Crippen LogP contribution in [0.5, 0.6) is 11.5 Å². The van der Waals surface area contributed by atoms with Gasteiger partial charge in [0.05, 0.1) is 19.1 Å². The number of aromatic hydroxyl groups is 1. The summed E-state index contributed by atoms with van der Waals surface area (Å²) in [6.45, 7) is 1.11. The second-order valence-electron chi connectivity index (χ2n) is 7.80. The summed E-state index contributed by atoms with van der Waals surface area (Å²) in [6.07, 6.45) is 4.88. The van der Waals surface area contributed by atoms with E-state index in [0.717, 1.165) is 22.4 Å². The third-order valence-electron chi connectivity index (χ3n) is 5.25. The van der Waals surface area contributed by atoms with Crippen LogP contribution in [-0.2, 0) is 29.4 Å². The first-order valence-corrected chi connectivity index (χ1v) is 12.6. The number of nitrogens with zero attached hydrogens (tertiary/aromatic N) is 3. The van der Waals surface area contributed by atoms with Crippen molar-refractivity contribution in [2.24, 2.45) is 5.73 Å². The Bertz CT molecular complexity index is 1180. The maximum absolute atomic E-state index is 12.1. The van der Waals surface area contributed by atoms with Crippen LogP contribution in [0.2, 0.25) is 0 Å². The molecule has 3 rings (SSSR count). The summed E-state index contributed by atoms with van der Waals surface area (Å²) >= 11 is 0. The molecular formula is C24H30N4O4S. The zero-order valence-electron chi connectivity index (χ0n) is 18.9. The molecule has 0 aliphatic heterocycles. The van der Waals surface area contributed by atoms with E-state index in [0.29, 0.717) is 43.9 Å². The lowest BCUT2D eigenvalue weighted by Gasteiger charge is -2.20. The average molecular weight is 471 g/mol. The molecule has 1 aromatic heterocycles.